The summed E-state index contributed by atoms with van der Waals surface area (Å²) in [6.45, 7) is 2.02. The first-order chi connectivity index (χ1) is 14.0. The topological polar surface area (TPSA) is 144 Å². The van der Waals surface area contributed by atoms with Crippen LogP contribution in [0.5, 0.6) is 0 Å². The maximum atomic E-state index is 11.4. The molecule has 0 atom stereocenters. The lowest BCUT2D eigenvalue weighted by Crippen LogP contribution is -2.35. The molecular weight excluding hydrogens is 430 g/mol. The van der Waals surface area contributed by atoms with Crippen molar-refractivity contribution in [1.82, 2.24) is 4.57 Å². The summed E-state index contributed by atoms with van der Waals surface area (Å²) in [6, 6.07) is 0. The minimum Gasteiger partial charge on any atom is -0.365 e. The average molecular weight is 469 g/mol. The normalized spacial score (nSPS) is 13.1. The molecule has 9 nitrogen and oxygen atoms in total. The third-order valence-corrected chi connectivity index (χ3v) is 9.06. The van der Waals surface area contributed by atoms with E-state index in [1.54, 1.807) is 10.8 Å². The first-order valence-corrected chi connectivity index (χ1v) is 14.1. The molecule has 0 aliphatic heterocycles. The Morgan fingerprint density at radius 1 is 0.800 bits per heavy atom. The van der Waals surface area contributed by atoms with Gasteiger partial charge in [0.05, 0.1) is 6.54 Å². The quantitative estimate of drug-likeness (QED) is 0.133. The van der Waals surface area contributed by atoms with Gasteiger partial charge in [0.2, 0.25) is 6.33 Å². The van der Waals surface area contributed by atoms with Crippen molar-refractivity contribution >= 4 is 15.2 Å². The highest BCUT2D eigenvalue weighted by Gasteiger charge is 2.61. The number of nitrogens with zero attached hydrogens (tertiary/aromatic N) is 2. The second-order valence-electron chi connectivity index (χ2n) is 8.08. The van der Waals surface area contributed by atoms with Gasteiger partial charge in [-0.1, -0.05) is 71.1 Å². The molecule has 0 aliphatic rings. The molecule has 0 aliphatic carbocycles. The predicted molar refractivity (Wildman–Crippen MR) is 115 cm³/mol. The Hall–Kier alpha value is -0.530. The minimum absolute atomic E-state index is 0.689. The Balaban J connectivity index is 2.26. The van der Waals surface area contributed by atoms with E-state index in [-0.39, 0.29) is 0 Å². The number of hydrogen-bond donors (Lipinski definition) is 5. The Morgan fingerprint density at radius 3 is 1.67 bits per heavy atom. The fraction of sp³-hybridized carbons (Fsp3) is 0.842. The van der Waals surface area contributed by atoms with Crippen LogP contribution in [0.1, 0.15) is 84.0 Å². The van der Waals surface area contributed by atoms with Crippen molar-refractivity contribution in [2.24, 2.45) is 0 Å². The number of rotatable bonds is 17. The maximum Gasteiger partial charge on any atom is 0.373 e. The molecule has 0 unspecified atom stereocenters. The molecule has 0 bridgehead atoms. The van der Waals surface area contributed by atoms with E-state index in [4.69, 9.17) is 0 Å². The third-order valence-electron chi connectivity index (χ3n) is 5.34. The number of hydrogen-bond acceptors (Lipinski definition) is 3. The van der Waals surface area contributed by atoms with E-state index >= 15 is 0 Å². The Morgan fingerprint density at radius 2 is 1.23 bits per heavy atom. The lowest BCUT2D eigenvalue weighted by atomic mass is 10.1. The van der Waals surface area contributed by atoms with E-state index in [2.05, 4.69) is 6.92 Å². The summed E-state index contributed by atoms with van der Waals surface area (Å²) in [7, 11) is -10.9. The van der Waals surface area contributed by atoms with Crippen LogP contribution in [0.25, 0.3) is 0 Å². The zero-order valence-electron chi connectivity index (χ0n) is 18.0. The summed E-state index contributed by atoms with van der Waals surface area (Å²) in [5, 5.41) is 6.54. The molecule has 1 rings (SSSR count). The van der Waals surface area contributed by atoms with Crippen molar-refractivity contribution in [3.63, 3.8) is 0 Å². The van der Waals surface area contributed by atoms with Crippen LogP contribution in [-0.2, 0) is 22.2 Å². The minimum atomic E-state index is -5.45. The maximum absolute atomic E-state index is 11.4. The van der Waals surface area contributed by atoms with Gasteiger partial charge in [0, 0.05) is 0 Å². The van der Waals surface area contributed by atoms with Gasteiger partial charge in [0.1, 0.15) is 18.9 Å². The van der Waals surface area contributed by atoms with Gasteiger partial charge in [-0.25, -0.2) is 9.13 Å². The van der Waals surface area contributed by atoms with Crippen LogP contribution >= 0.6 is 15.2 Å². The molecule has 5 N–H and O–H groups in total. The van der Waals surface area contributed by atoms with Gasteiger partial charge in [-0.3, -0.25) is 9.13 Å². The van der Waals surface area contributed by atoms with E-state index < -0.39 is 26.8 Å². The lowest BCUT2D eigenvalue weighted by molar-refractivity contribution is -0.697. The molecule has 1 aromatic heterocycles. The van der Waals surface area contributed by atoms with Crippen molar-refractivity contribution in [3.05, 3.63) is 18.7 Å². The summed E-state index contributed by atoms with van der Waals surface area (Å²) in [5.41, 5.74) is 0. The Labute approximate surface area is 179 Å². The van der Waals surface area contributed by atoms with Crippen molar-refractivity contribution in [2.75, 3.05) is 0 Å². The van der Waals surface area contributed by atoms with Crippen LogP contribution in [0, 0.1) is 0 Å². The van der Waals surface area contributed by atoms with Crippen molar-refractivity contribution in [1.29, 1.82) is 0 Å². The summed E-state index contributed by atoms with van der Waals surface area (Å²) in [6.07, 6.45) is 19.5. The second kappa shape index (κ2) is 13.1. The Kier molecular flexibility index (Phi) is 12.0. The molecule has 1 heterocycles. The molecule has 0 spiro atoms. The molecule has 0 radical (unpaired) electrons. The summed E-state index contributed by atoms with van der Waals surface area (Å²) >= 11 is 0. The number of unbranched alkanes of at least 4 members (excludes halogenated alkanes) is 11. The molecule has 176 valence electrons. The first-order valence-electron chi connectivity index (χ1n) is 10.9. The van der Waals surface area contributed by atoms with E-state index in [0.717, 1.165) is 19.3 Å². The molecule has 0 aromatic carbocycles. The van der Waals surface area contributed by atoms with Gasteiger partial charge in [0.25, 0.3) is 0 Å². The van der Waals surface area contributed by atoms with Crippen LogP contribution in [0.15, 0.2) is 18.7 Å². The number of imidazole rings is 1. The number of aromatic nitrogens is 2. The molecule has 0 saturated carbocycles. The van der Waals surface area contributed by atoms with Crippen LogP contribution in [-0.4, -0.2) is 34.3 Å². The highest BCUT2D eigenvalue weighted by atomic mass is 31.2. The number of aryl methyl sites for hydroxylation is 1. The van der Waals surface area contributed by atoms with Crippen LogP contribution in [0.4, 0.5) is 0 Å². The fourth-order valence-electron chi connectivity index (χ4n) is 3.40. The zero-order valence-corrected chi connectivity index (χ0v) is 19.8. The summed E-state index contributed by atoms with van der Waals surface area (Å²) in [5.74, 6) is 0. The average Bonchev–Trinajstić information content (AvgIpc) is 3.08. The summed E-state index contributed by atoms with van der Waals surface area (Å²) < 4.78 is 25.8. The molecule has 11 heteroatoms. The predicted octanol–water partition coefficient (Wildman–Crippen LogP) is 3.48. The Bertz CT molecular complexity index is 677. The van der Waals surface area contributed by atoms with Crippen LogP contribution in [0.2, 0.25) is 0 Å². The van der Waals surface area contributed by atoms with Crippen molar-refractivity contribution in [2.45, 2.75) is 102 Å². The van der Waals surface area contributed by atoms with Gasteiger partial charge < -0.3 is 24.7 Å². The molecule has 0 amide bonds. The highest BCUT2D eigenvalue weighted by Crippen LogP contribution is 2.67. The van der Waals surface area contributed by atoms with Crippen molar-refractivity contribution in [3.8, 4) is 0 Å². The summed E-state index contributed by atoms with van der Waals surface area (Å²) in [4.78, 5) is 36.9. The van der Waals surface area contributed by atoms with Gasteiger partial charge in [-0.2, -0.15) is 0 Å². The molecule has 0 fully saturated rings. The zero-order chi connectivity index (χ0) is 22.7. The monoisotopic (exact) mass is 469 g/mol. The molecule has 1 aromatic rings. The molecular formula is C19H39N2O7P2+. The first kappa shape index (κ1) is 27.5. The highest BCUT2D eigenvalue weighted by molar-refractivity contribution is 7.72. The lowest BCUT2D eigenvalue weighted by Gasteiger charge is -2.27. The van der Waals surface area contributed by atoms with Gasteiger partial charge in [-0.05, 0) is 12.8 Å². The van der Waals surface area contributed by atoms with E-state index in [1.165, 1.54) is 74.9 Å². The SMILES string of the molecule is CCCCCCCCCCCCCC[n+]1ccn(CC(O)(P(=O)(O)O)P(=O)(O)O)c1. The smallest absolute Gasteiger partial charge is 0.365 e. The van der Waals surface area contributed by atoms with Gasteiger partial charge in [0.15, 0.2) is 0 Å². The van der Waals surface area contributed by atoms with E-state index in [1.807, 2.05) is 0 Å². The van der Waals surface area contributed by atoms with Gasteiger partial charge in [-0.15, -0.1) is 0 Å². The van der Waals surface area contributed by atoms with Crippen LogP contribution in [0.3, 0.4) is 0 Å². The van der Waals surface area contributed by atoms with E-state index in [9.17, 15) is 33.8 Å². The van der Waals surface area contributed by atoms with Gasteiger partial charge >= 0.3 is 20.3 Å². The fourth-order valence-corrected chi connectivity index (χ4v) is 5.45. The third kappa shape index (κ3) is 9.31. The number of aliphatic hydroxyl groups is 1. The van der Waals surface area contributed by atoms with Crippen molar-refractivity contribution < 1.29 is 38.4 Å². The standard InChI is InChI=1S/C19H38N2O7P2/c1-2-3-4-5-6-7-8-9-10-11-12-13-14-20-15-16-21(18-20)17-19(22,29(23,24)25)30(26,27)28/h15-16,18,22H,2-14,17H2,1H3,(H3-,23,24,25,26,27,28)/p+1. The largest absolute Gasteiger partial charge is 0.373 e. The van der Waals surface area contributed by atoms with E-state index in [0.29, 0.717) is 6.54 Å². The molecule has 0 saturated heterocycles. The second-order valence-corrected chi connectivity index (χ2v) is 12.1. The van der Waals surface area contributed by atoms with Crippen LogP contribution < -0.4 is 4.57 Å². The molecule has 30 heavy (non-hydrogen) atoms.